The molecular weight excluding hydrogens is 250 g/mol. The summed E-state index contributed by atoms with van der Waals surface area (Å²) in [5.41, 5.74) is 1.19. The van der Waals surface area contributed by atoms with E-state index in [9.17, 15) is 4.79 Å². The second-order valence-corrected chi connectivity index (χ2v) is 5.00. The van der Waals surface area contributed by atoms with Crippen LogP contribution in [0.25, 0.3) is 0 Å². The lowest BCUT2D eigenvalue weighted by Crippen LogP contribution is -2.26. The third-order valence-electron chi connectivity index (χ3n) is 2.69. The minimum Gasteiger partial charge on any atom is -0.396 e. The molecule has 1 aromatic carbocycles. The summed E-state index contributed by atoms with van der Waals surface area (Å²) in [5.74, 6) is 0.338. The molecule has 0 fully saturated rings. The van der Waals surface area contributed by atoms with Crippen LogP contribution in [-0.4, -0.2) is 24.2 Å². The molecule has 4 heteroatoms. The van der Waals surface area contributed by atoms with Gasteiger partial charge in [-0.15, -0.1) is 0 Å². The number of carbonyl (C=O) groups excluding carboxylic acids is 1. The van der Waals surface area contributed by atoms with Gasteiger partial charge in [0.05, 0.1) is 0 Å². The van der Waals surface area contributed by atoms with E-state index in [4.69, 9.17) is 16.7 Å². The van der Waals surface area contributed by atoms with Crippen molar-refractivity contribution in [3.63, 3.8) is 0 Å². The first kappa shape index (κ1) is 15.0. The highest BCUT2D eigenvalue weighted by Gasteiger charge is 2.09. The number of hydrogen-bond acceptors (Lipinski definition) is 2. The molecule has 0 spiro atoms. The van der Waals surface area contributed by atoms with Crippen molar-refractivity contribution < 1.29 is 9.90 Å². The maximum Gasteiger partial charge on any atom is 0.220 e. The Balaban J connectivity index is 2.30. The van der Waals surface area contributed by atoms with Gasteiger partial charge in [0.25, 0.3) is 0 Å². The Labute approximate surface area is 113 Å². The fraction of sp³-hybridized carbons (Fsp3) is 0.500. The van der Waals surface area contributed by atoms with Crippen LogP contribution in [0.2, 0.25) is 5.02 Å². The van der Waals surface area contributed by atoms with E-state index in [2.05, 4.69) is 12.2 Å². The molecular formula is C14H20ClNO2. The number of rotatable bonds is 7. The van der Waals surface area contributed by atoms with Crippen LogP contribution in [0.1, 0.15) is 25.3 Å². The van der Waals surface area contributed by atoms with Gasteiger partial charge in [-0.25, -0.2) is 0 Å². The quantitative estimate of drug-likeness (QED) is 0.747. The fourth-order valence-corrected chi connectivity index (χ4v) is 1.92. The van der Waals surface area contributed by atoms with Crippen molar-refractivity contribution >= 4 is 17.5 Å². The summed E-state index contributed by atoms with van der Waals surface area (Å²) in [7, 11) is 0. The Morgan fingerprint density at radius 2 is 2.06 bits per heavy atom. The summed E-state index contributed by atoms with van der Waals surface area (Å²) in [6.07, 6.45) is 1.98. The molecule has 1 atom stereocenters. The van der Waals surface area contributed by atoms with Gasteiger partial charge in [0.2, 0.25) is 5.91 Å². The van der Waals surface area contributed by atoms with Crippen LogP contribution in [0.4, 0.5) is 0 Å². The van der Waals surface area contributed by atoms with E-state index in [-0.39, 0.29) is 12.5 Å². The summed E-state index contributed by atoms with van der Waals surface area (Å²) in [6, 6.07) is 7.71. The Morgan fingerprint density at radius 1 is 1.39 bits per heavy atom. The summed E-state index contributed by atoms with van der Waals surface area (Å²) in [5, 5.41) is 12.1. The molecule has 1 unspecified atom stereocenters. The zero-order valence-electron chi connectivity index (χ0n) is 10.7. The number of benzene rings is 1. The van der Waals surface area contributed by atoms with Crippen LogP contribution in [0, 0.1) is 5.92 Å². The number of hydrogen-bond donors (Lipinski definition) is 2. The minimum absolute atomic E-state index is 0.0462. The molecule has 0 aliphatic heterocycles. The number of nitrogens with one attached hydrogen (secondary N) is 1. The Hall–Kier alpha value is -1.06. The molecule has 1 aromatic rings. The predicted octanol–water partition coefficient (Wildman–Crippen LogP) is 2.41. The first-order valence-electron chi connectivity index (χ1n) is 6.24. The van der Waals surface area contributed by atoms with Crippen LogP contribution < -0.4 is 5.32 Å². The van der Waals surface area contributed by atoms with Crippen molar-refractivity contribution in [2.24, 2.45) is 5.92 Å². The van der Waals surface area contributed by atoms with Crippen molar-refractivity contribution in [2.45, 2.75) is 26.2 Å². The van der Waals surface area contributed by atoms with Gasteiger partial charge in [-0.1, -0.05) is 30.7 Å². The SMILES string of the molecule is CC(CC(=O)NCCCO)Cc1ccc(Cl)cc1. The summed E-state index contributed by atoms with van der Waals surface area (Å²) >= 11 is 5.82. The normalized spacial score (nSPS) is 12.2. The second-order valence-electron chi connectivity index (χ2n) is 4.57. The van der Waals surface area contributed by atoms with Crippen LogP contribution >= 0.6 is 11.6 Å². The molecule has 0 aliphatic rings. The topological polar surface area (TPSA) is 49.3 Å². The van der Waals surface area contributed by atoms with Crippen molar-refractivity contribution in [3.8, 4) is 0 Å². The standard InChI is InChI=1S/C14H20ClNO2/c1-11(10-14(18)16-7-2-8-17)9-12-3-5-13(15)6-4-12/h3-6,11,17H,2,7-10H2,1H3,(H,16,18). The zero-order chi connectivity index (χ0) is 13.4. The predicted molar refractivity (Wildman–Crippen MR) is 73.6 cm³/mol. The van der Waals surface area contributed by atoms with Gasteiger partial charge in [-0.2, -0.15) is 0 Å². The number of carbonyl (C=O) groups is 1. The summed E-state index contributed by atoms with van der Waals surface area (Å²) in [6.45, 7) is 2.71. The molecule has 1 rings (SSSR count). The highest BCUT2D eigenvalue weighted by molar-refractivity contribution is 6.30. The number of halogens is 1. The van der Waals surface area contributed by atoms with Crippen molar-refractivity contribution in [1.82, 2.24) is 5.32 Å². The lowest BCUT2D eigenvalue weighted by atomic mass is 9.98. The van der Waals surface area contributed by atoms with E-state index in [0.29, 0.717) is 25.3 Å². The second kappa shape index (κ2) is 8.11. The zero-order valence-corrected chi connectivity index (χ0v) is 11.4. The van der Waals surface area contributed by atoms with Crippen molar-refractivity contribution in [2.75, 3.05) is 13.2 Å². The third kappa shape index (κ3) is 6.03. The van der Waals surface area contributed by atoms with Crippen LogP contribution in [0.15, 0.2) is 24.3 Å². The summed E-state index contributed by atoms with van der Waals surface area (Å²) < 4.78 is 0. The van der Waals surface area contributed by atoms with Crippen molar-refractivity contribution in [3.05, 3.63) is 34.9 Å². The largest absolute Gasteiger partial charge is 0.396 e. The third-order valence-corrected chi connectivity index (χ3v) is 2.94. The highest BCUT2D eigenvalue weighted by atomic mass is 35.5. The summed E-state index contributed by atoms with van der Waals surface area (Å²) in [4.78, 5) is 11.6. The van der Waals surface area contributed by atoms with Gasteiger partial charge >= 0.3 is 0 Å². The lowest BCUT2D eigenvalue weighted by Gasteiger charge is -2.11. The van der Waals surface area contributed by atoms with Crippen LogP contribution in [0.5, 0.6) is 0 Å². The van der Waals surface area contributed by atoms with Crippen LogP contribution in [0.3, 0.4) is 0 Å². The van der Waals surface area contributed by atoms with E-state index < -0.39 is 0 Å². The molecule has 1 amide bonds. The molecule has 18 heavy (non-hydrogen) atoms. The van der Waals surface area contributed by atoms with E-state index in [0.717, 1.165) is 11.4 Å². The minimum atomic E-state index is 0.0462. The van der Waals surface area contributed by atoms with Crippen LogP contribution in [-0.2, 0) is 11.2 Å². The van der Waals surface area contributed by atoms with E-state index in [1.807, 2.05) is 24.3 Å². The molecule has 0 radical (unpaired) electrons. The maximum absolute atomic E-state index is 11.6. The Kier molecular flexibility index (Phi) is 6.76. The average molecular weight is 270 g/mol. The van der Waals surface area contributed by atoms with Gasteiger partial charge in [0.15, 0.2) is 0 Å². The van der Waals surface area contributed by atoms with Gasteiger partial charge in [0, 0.05) is 24.6 Å². The van der Waals surface area contributed by atoms with Gasteiger partial charge in [-0.3, -0.25) is 4.79 Å². The van der Waals surface area contributed by atoms with Crippen molar-refractivity contribution in [1.29, 1.82) is 0 Å². The molecule has 0 saturated carbocycles. The molecule has 2 N–H and O–H groups in total. The van der Waals surface area contributed by atoms with Gasteiger partial charge < -0.3 is 10.4 Å². The smallest absolute Gasteiger partial charge is 0.220 e. The molecule has 0 bridgehead atoms. The lowest BCUT2D eigenvalue weighted by molar-refractivity contribution is -0.121. The Bertz CT molecular complexity index is 365. The van der Waals surface area contributed by atoms with Gasteiger partial charge in [0.1, 0.15) is 0 Å². The molecule has 100 valence electrons. The first-order valence-corrected chi connectivity index (χ1v) is 6.61. The fourth-order valence-electron chi connectivity index (χ4n) is 1.79. The monoisotopic (exact) mass is 269 g/mol. The number of aliphatic hydroxyl groups excluding tert-OH is 1. The molecule has 0 aromatic heterocycles. The molecule has 0 aliphatic carbocycles. The molecule has 0 heterocycles. The molecule has 0 saturated heterocycles. The maximum atomic E-state index is 11.6. The highest BCUT2D eigenvalue weighted by Crippen LogP contribution is 2.15. The molecule has 3 nitrogen and oxygen atoms in total. The van der Waals surface area contributed by atoms with E-state index in [1.54, 1.807) is 0 Å². The number of aliphatic hydroxyl groups is 1. The average Bonchev–Trinajstić information content (AvgIpc) is 2.32. The Morgan fingerprint density at radius 3 is 2.67 bits per heavy atom. The van der Waals surface area contributed by atoms with Gasteiger partial charge in [-0.05, 0) is 36.5 Å². The van der Waals surface area contributed by atoms with E-state index in [1.165, 1.54) is 5.56 Å². The number of amides is 1. The van der Waals surface area contributed by atoms with E-state index >= 15 is 0 Å². The first-order chi connectivity index (χ1) is 8.61.